The number of hydrogen-bond acceptors (Lipinski definition) is 3. The van der Waals surface area contributed by atoms with Crippen LogP contribution in [0.3, 0.4) is 0 Å². The van der Waals surface area contributed by atoms with E-state index in [1.807, 2.05) is 0 Å². The highest BCUT2D eigenvalue weighted by atomic mass is 16.2. The highest BCUT2D eigenvalue weighted by Gasteiger charge is 2.27. The van der Waals surface area contributed by atoms with Gasteiger partial charge in [0, 0.05) is 32.1 Å². The molecule has 0 aromatic heterocycles. The van der Waals surface area contributed by atoms with E-state index in [0.29, 0.717) is 11.9 Å². The second-order valence-corrected chi connectivity index (χ2v) is 7.83. The molecule has 1 atom stereocenters. The Morgan fingerprint density at radius 3 is 2.52 bits per heavy atom. The van der Waals surface area contributed by atoms with E-state index in [4.69, 9.17) is 0 Å². The zero-order valence-electron chi connectivity index (χ0n) is 14.8. The summed E-state index contributed by atoms with van der Waals surface area (Å²) in [7, 11) is 0. The average molecular weight is 322 g/mol. The van der Waals surface area contributed by atoms with E-state index >= 15 is 0 Å². The van der Waals surface area contributed by atoms with E-state index < -0.39 is 0 Å². The van der Waals surface area contributed by atoms with Gasteiger partial charge in [-0.05, 0) is 51.2 Å². The van der Waals surface area contributed by atoms with Crippen LogP contribution in [-0.4, -0.2) is 61.0 Å². The van der Waals surface area contributed by atoms with Crippen LogP contribution in [0.25, 0.3) is 0 Å². The number of carbonyl (C=O) groups excluding carboxylic acids is 1. The molecule has 23 heavy (non-hydrogen) atoms. The molecule has 3 rings (SSSR count). The summed E-state index contributed by atoms with van der Waals surface area (Å²) >= 11 is 0. The first-order valence-corrected chi connectivity index (χ1v) is 10.1. The lowest BCUT2D eigenvalue weighted by Crippen LogP contribution is -2.45. The van der Waals surface area contributed by atoms with Crippen molar-refractivity contribution in [3.63, 3.8) is 0 Å². The Bertz CT molecular complexity index is 356. The minimum absolute atomic E-state index is 0.420. The molecule has 3 fully saturated rings. The minimum atomic E-state index is 0.420. The van der Waals surface area contributed by atoms with E-state index in [0.717, 1.165) is 51.4 Å². The maximum atomic E-state index is 12.9. The summed E-state index contributed by atoms with van der Waals surface area (Å²) in [6.45, 7) is 6.54. The van der Waals surface area contributed by atoms with Gasteiger partial charge < -0.3 is 15.1 Å². The van der Waals surface area contributed by atoms with Gasteiger partial charge in [0.2, 0.25) is 5.91 Å². The molecule has 4 heteroatoms. The van der Waals surface area contributed by atoms with Gasteiger partial charge >= 0.3 is 0 Å². The first-order valence-electron chi connectivity index (χ1n) is 10.1. The molecule has 1 unspecified atom stereocenters. The lowest BCUT2D eigenvalue weighted by Gasteiger charge is -2.31. The number of likely N-dealkylation sites (tertiary alicyclic amines) is 1. The predicted molar refractivity (Wildman–Crippen MR) is 94.5 cm³/mol. The fourth-order valence-corrected chi connectivity index (χ4v) is 4.62. The number of hydrogen-bond donors (Lipinski definition) is 1. The van der Waals surface area contributed by atoms with Gasteiger partial charge in [-0.3, -0.25) is 4.79 Å². The summed E-state index contributed by atoms with van der Waals surface area (Å²) in [6.07, 6.45) is 12.6. The molecule has 0 aromatic carbocycles. The summed E-state index contributed by atoms with van der Waals surface area (Å²) in [5, 5.41) is 3.43. The van der Waals surface area contributed by atoms with Crippen LogP contribution in [0, 0.1) is 5.92 Å². The van der Waals surface area contributed by atoms with E-state index in [-0.39, 0.29) is 0 Å². The molecule has 1 saturated carbocycles. The van der Waals surface area contributed by atoms with Crippen molar-refractivity contribution in [3.05, 3.63) is 0 Å². The summed E-state index contributed by atoms with van der Waals surface area (Å²) < 4.78 is 0. The number of amides is 1. The largest absolute Gasteiger partial charge is 0.337 e. The van der Waals surface area contributed by atoms with E-state index in [9.17, 15) is 4.79 Å². The molecule has 2 heterocycles. The average Bonchev–Trinajstić information content (AvgIpc) is 3.28. The number of carbonyl (C=O) groups is 1. The normalized spacial score (nSPS) is 26.7. The summed E-state index contributed by atoms with van der Waals surface area (Å²) in [5.41, 5.74) is 0. The molecule has 2 aliphatic heterocycles. The molecule has 2 saturated heterocycles. The van der Waals surface area contributed by atoms with E-state index in [1.54, 1.807) is 0 Å². The van der Waals surface area contributed by atoms with Gasteiger partial charge in [-0.25, -0.2) is 0 Å². The maximum Gasteiger partial charge on any atom is 0.222 e. The summed E-state index contributed by atoms with van der Waals surface area (Å²) in [6, 6.07) is 0.441. The summed E-state index contributed by atoms with van der Waals surface area (Å²) in [4.78, 5) is 17.6. The molecule has 1 N–H and O–H groups in total. The number of nitrogens with one attached hydrogen (secondary N) is 1. The third kappa shape index (κ3) is 5.18. The predicted octanol–water partition coefficient (Wildman–Crippen LogP) is 2.63. The quantitative estimate of drug-likeness (QED) is 0.783. The van der Waals surface area contributed by atoms with E-state index in [1.165, 1.54) is 58.0 Å². The highest BCUT2D eigenvalue weighted by Crippen LogP contribution is 2.27. The van der Waals surface area contributed by atoms with Gasteiger partial charge in [-0.15, -0.1) is 0 Å². The Hall–Kier alpha value is -0.610. The maximum absolute atomic E-state index is 12.9. The fourth-order valence-electron chi connectivity index (χ4n) is 4.62. The smallest absolute Gasteiger partial charge is 0.222 e. The van der Waals surface area contributed by atoms with Gasteiger partial charge in [0.05, 0.1) is 0 Å². The van der Waals surface area contributed by atoms with Gasteiger partial charge in [-0.2, -0.15) is 0 Å². The number of nitrogens with zero attached hydrogens (tertiary/aromatic N) is 2. The Labute approximate surface area is 142 Å². The lowest BCUT2D eigenvalue weighted by molar-refractivity contribution is -0.133. The molecule has 0 aromatic rings. The van der Waals surface area contributed by atoms with Crippen LogP contribution in [-0.2, 0) is 4.79 Å². The summed E-state index contributed by atoms with van der Waals surface area (Å²) in [5.74, 6) is 1.23. The third-order valence-electron chi connectivity index (χ3n) is 6.14. The molecule has 132 valence electrons. The van der Waals surface area contributed by atoms with Crippen molar-refractivity contribution in [2.24, 2.45) is 5.92 Å². The second kappa shape index (κ2) is 9.03. The molecule has 4 nitrogen and oxygen atoms in total. The Morgan fingerprint density at radius 1 is 1.04 bits per heavy atom. The molecule has 1 amide bonds. The van der Waals surface area contributed by atoms with Crippen LogP contribution >= 0.6 is 0 Å². The monoisotopic (exact) mass is 321 g/mol. The molecule has 3 aliphatic rings. The van der Waals surface area contributed by atoms with Crippen LogP contribution in [0.1, 0.15) is 64.2 Å². The van der Waals surface area contributed by atoms with Gasteiger partial charge in [0.25, 0.3) is 0 Å². The molecule has 0 bridgehead atoms. The van der Waals surface area contributed by atoms with Crippen molar-refractivity contribution in [3.8, 4) is 0 Å². The van der Waals surface area contributed by atoms with Gasteiger partial charge in [0.1, 0.15) is 0 Å². The highest BCUT2D eigenvalue weighted by molar-refractivity contribution is 5.76. The first-order chi connectivity index (χ1) is 11.3. The zero-order valence-corrected chi connectivity index (χ0v) is 14.8. The third-order valence-corrected chi connectivity index (χ3v) is 6.14. The standard InChI is InChI=1S/C19H35N3O/c23-19(9-8-17-6-2-1-3-7-17)22(18-10-11-20-16-18)15-14-21-12-4-5-13-21/h17-18,20H,1-16H2. The number of rotatable bonds is 7. The topological polar surface area (TPSA) is 35.6 Å². The SMILES string of the molecule is O=C(CCC1CCCCC1)N(CCN1CCCC1)C1CCNC1. The lowest BCUT2D eigenvalue weighted by atomic mass is 9.86. The molecular weight excluding hydrogens is 286 g/mol. The van der Waals surface area contributed by atoms with Crippen molar-refractivity contribution >= 4 is 5.91 Å². The minimum Gasteiger partial charge on any atom is -0.337 e. The van der Waals surface area contributed by atoms with Crippen LogP contribution in [0.15, 0.2) is 0 Å². The van der Waals surface area contributed by atoms with Crippen LogP contribution in [0.2, 0.25) is 0 Å². The van der Waals surface area contributed by atoms with Gasteiger partial charge in [-0.1, -0.05) is 32.1 Å². The van der Waals surface area contributed by atoms with Crippen molar-refractivity contribution in [2.75, 3.05) is 39.3 Å². The Morgan fingerprint density at radius 2 is 1.83 bits per heavy atom. The van der Waals surface area contributed by atoms with Crippen LogP contribution in [0.4, 0.5) is 0 Å². The van der Waals surface area contributed by atoms with Crippen molar-refractivity contribution in [1.29, 1.82) is 0 Å². The van der Waals surface area contributed by atoms with E-state index in [2.05, 4.69) is 15.1 Å². The van der Waals surface area contributed by atoms with Crippen LogP contribution < -0.4 is 5.32 Å². The Balaban J connectivity index is 1.47. The second-order valence-electron chi connectivity index (χ2n) is 7.83. The van der Waals surface area contributed by atoms with Crippen molar-refractivity contribution in [2.45, 2.75) is 70.3 Å². The van der Waals surface area contributed by atoms with Crippen LogP contribution in [0.5, 0.6) is 0 Å². The molecule has 1 aliphatic carbocycles. The molecule has 0 spiro atoms. The fraction of sp³-hybridized carbons (Fsp3) is 0.947. The first kappa shape index (κ1) is 17.2. The Kier molecular flexibility index (Phi) is 6.76. The van der Waals surface area contributed by atoms with Gasteiger partial charge in [0.15, 0.2) is 0 Å². The molecular formula is C19H35N3O. The van der Waals surface area contributed by atoms with Crippen molar-refractivity contribution in [1.82, 2.24) is 15.1 Å². The molecule has 0 radical (unpaired) electrons. The zero-order chi connectivity index (χ0) is 15.9. The van der Waals surface area contributed by atoms with Crippen molar-refractivity contribution < 1.29 is 4.79 Å².